The molecule has 0 spiro atoms. The van der Waals surface area contributed by atoms with E-state index in [1.807, 2.05) is 0 Å². The number of nitrogens with one attached hydrogen (secondary N) is 1. The number of para-hydroxylation sites is 1. The summed E-state index contributed by atoms with van der Waals surface area (Å²) in [6, 6.07) is 4.26. The van der Waals surface area contributed by atoms with Crippen LogP contribution in [0.15, 0.2) is 36.7 Å². The molecule has 27 heavy (non-hydrogen) atoms. The van der Waals surface area contributed by atoms with Crippen molar-refractivity contribution >= 4 is 17.4 Å². The number of alkyl halides is 3. The number of aromatic nitrogens is 2. The van der Waals surface area contributed by atoms with Gasteiger partial charge in [-0.3, -0.25) is 9.78 Å². The summed E-state index contributed by atoms with van der Waals surface area (Å²) in [6.45, 7) is 0.00818. The van der Waals surface area contributed by atoms with E-state index in [0.717, 1.165) is 11.0 Å². The summed E-state index contributed by atoms with van der Waals surface area (Å²) in [5.41, 5.74) is -1.01. The number of nitrogens with zero attached hydrogens (tertiary/aromatic N) is 3. The maximum Gasteiger partial charge on any atom is 0.418 e. The first kappa shape index (κ1) is 18.9. The van der Waals surface area contributed by atoms with Gasteiger partial charge in [-0.05, 0) is 18.6 Å². The third-order valence-corrected chi connectivity index (χ3v) is 3.98. The molecule has 2 N–H and O–H groups in total. The van der Waals surface area contributed by atoms with Crippen LogP contribution in [0.25, 0.3) is 0 Å². The fourth-order valence-corrected chi connectivity index (χ4v) is 2.82. The highest BCUT2D eigenvalue weighted by Crippen LogP contribution is 2.38. The van der Waals surface area contributed by atoms with E-state index in [-0.39, 0.29) is 37.1 Å². The molecule has 144 valence electrons. The molecule has 10 heteroatoms. The van der Waals surface area contributed by atoms with Crippen LogP contribution in [-0.2, 0) is 11.0 Å². The molecular formula is C17H17F3N4O3. The van der Waals surface area contributed by atoms with Crippen LogP contribution in [0.4, 0.5) is 24.7 Å². The summed E-state index contributed by atoms with van der Waals surface area (Å²) in [7, 11) is 0. The predicted molar refractivity (Wildman–Crippen MR) is 90.4 cm³/mol. The molecule has 1 saturated heterocycles. The summed E-state index contributed by atoms with van der Waals surface area (Å²) in [6.07, 6.45) is -1.50. The van der Waals surface area contributed by atoms with Gasteiger partial charge in [-0.1, -0.05) is 12.1 Å². The van der Waals surface area contributed by atoms with Crippen molar-refractivity contribution < 1.29 is 27.8 Å². The van der Waals surface area contributed by atoms with Crippen molar-refractivity contribution in [3.8, 4) is 5.88 Å². The van der Waals surface area contributed by atoms with E-state index in [1.165, 1.54) is 30.6 Å². The summed E-state index contributed by atoms with van der Waals surface area (Å²) >= 11 is 0. The minimum Gasteiger partial charge on any atom is -0.474 e. The van der Waals surface area contributed by atoms with Crippen molar-refractivity contribution in [1.29, 1.82) is 0 Å². The first-order chi connectivity index (χ1) is 12.9. The van der Waals surface area contributed by atoms with Gasteiger partial charge < -0.3 is 20.1 Å². The number of halogens is 3. The van der Waals surface area contributed by atoms with Crippen molar-refractivity contribution in [2.45, 2.75) is 18.6 Å². The Bertz CT molecular complexity index is 816. The van der Waals surface area contributed by atoms with Crippen LogP contribution in [0.1, 0.15) is 12.0 Å². The summed E-state index contributed by atoms with van der Waals surface area (Å²) < 4.78 is 44.8. The normalized spacial score (nSPS) is 17.3. The highest BCUT2D eigenvalue weighted by Gasteiger charge is 2.39. The lowest BCUT2D eigenvalue weighted by molar-refractivity contribution is -0.137. The van der Waals surface area contributed by atoms with Gasteiger partial charge in [-0.15, -0.1) is 0 Å². The number of carbonyl (C=O) groups is 1. The maximum atomic E-state index is 13.2. The Kier molecular flexibility index (Phi) is 5.45. The molecule has 0 saturated carbocycles. The summed E-state index contributed by atoms with van der Waals surface area (Å²) in [5, 5.41) is 11.6. The number of aliphatic hydroxyl groups is 1. The average Bonchev–Trinajstić information content (AvgIpc) is 3.00. The van der Waals surface area contributed by atoms with Crippen LogP contribution in [0.3, 0.4) is 0 Å². The molecule has 2 aromatic rings. The first-order valence-electron chi connectivity index (χ1n) is 8.20. The van der Waals surface area contributed by atoms with Crippen molar-refractivity contribution in [3.05, 3.63) is 42.2 Å². The minimum atomic E-state index is -4.55. The zero-order chi connectivity index (χ0) is 19.4. The van der Waals surface area contributed by atoms with Crippen LogP contribution in [0.2, 0.25) is 0 Å². The van der Waals surface area contributed by atoms with E-state index in [2.05, 4.69) is 15.3 Å². The third-order valence-electron chi connectivity index (χ3n) is 3.98. The van der Waals surface area contributed by atoms with Crippen molar-refractivity contribution in [2.75, 3.05) is 30.0 Å². The second kappa shape index (κ2) is 7.78. The minimum absolute atomic E-state index is 0.0441. The molecule has 3 rings (SSSR count). The number of aliphatic hydroxyl groups excluding tert-OH is 1. The maximum absolute atomic E-state index is 13.2. The molecule has 1 aliphatic heterocycles. The van der Waals surface area contributed by atoms with E-state index in [9.17, 15) is 18.0 Å². The summed E-state index contributed by atoms with van der Waals surface area (Å²) in [5.74, 6) is -0.0521. The Morgan fingerprint density at radius 2 is 2.07 bits per heavy atom. The Balaban J connectivity index is 1.75. The van der Waals surface area contributed by atoms with Gasteiger partial charge >= 0.3 is 6.18 Å². The number of rotatable bonds is 6. The second-order valence-corrected chi connectivity index (χ2v) is 5.81. The number of ether oxygens (including phenoxy) is 1. The topological polar surface area (TPSA) is 87.6 Å². The predicted octanol–water partition coefficient (Wildman–Crippen LogP) is 2.08. The number of hydrogen-bond donors (Lipinski definition) is 2. The third kappa shape index (κ3) is 4.27. The molecule has 1 aliphatic rings. The van der Waals surface area contributed by atoms with Gasteiger partial charge in [-0.25, -0.2) is 0 Å². The summed E-state index contributed by atoms with van der Waals surface area (Å²) in [4.78, 5) is 21.8. The molecule has 1 aromatic heterocycles. The van der Waals surface area contributed by atoms with Gasteiger partial charge in [0.15, 0.2) is 0 Å². The van der Waals surface area contributed by atoms with Gasteiger partial charge in [-0.2, -0.15) is 18.2 Å². The fraction of sp³-hybridized carbons (Fsp3) is 0.353. The Morgan fingerprint density at radius 1 is 1.30 bits per heavy atom. The molecule has 0 bridgehead atoms. The van der Waals surface area contributed by atoms with E-state index in [4.69, 9.17) is 9.84 Å². The quantitative estimate of drug-likeness (QED) is 0.796. The van der Waals surface area contributed by atoms with Gasteiger partial charge in [0, 0.05) is 6.54 Å². The molecule has 2 heterocycles. The number of benzene rings is 1. The van der Waals surface area contributed by atoms with Crippen molar-refractivity contribution in [3.63, 3.8) is 0 Å². The Morgan fingerprint density at radius 3 is 2.81 bits per heavy atom. The van der Waals surface area contributed by atoms with E-state index >= 15 is 0 Å². The fourth-order valence-electron chi connectivity index (χ4n) is 2.82. The number of amides is 1. The van der Waals surface area contributed by atoms with Gasteiger partial charge in [0.25, 0.3) is 0 Å². The monoisotopic (exact) mass is 382 g/mol. The zero-order valence-corrected chi connectivity index (χ0v) is 14.1. The number of carbonyl (C=O) groups excluding carboxylic acids is 1. The van der Waals surface area contributed by atoms with Crippen LogP contribution in [0, 0.1) is 0 Å². The lowest BCUT2D eigenvalue weighted by atomic mass is 10.1. The van der Waals surface area contributed by atoms with Crippen LogP contribution >= 0.6 is 0 Å². The molecule has 0 aliphatic carbocycles. The molecule has 1 unspecified atom stereocenters. The smallest absolute Gasteiger partial charge is 0.418 e. The molecule has 1 amide bonds. The van der Waals surface area contributed by atoms with Gasteiger partial charge in [0.05, 0.1) is 30.3 Å². The van der Waals surface area contributed by atoms with E-state index < -0.39 is 23.7 Å². The van der Waals surface area contributed by atoms with Gasteiger partial charge in [0.1, 0.15) is 18.5 Å². The second-order valence-electron chi connectivity index (χ2n) is 5.81. The van der Waals surface area contributed by atoms with E-state index in [1.54, 1.807) is 0 Å². The van der Waals surface area contributed by atoms with Crippen LogP contribution < -0.4 is 15.0 Å². The zero-order valence-electron chi connectivity index (χ0n) is 14.1. The molecule has 1 fully saturated rings. The molecule has 7 nitrogen and oxygen atoms in total. The first-order valence-corrected chi connectivity index (χ1v) is 8.20. The lowest BCUT2D eigenvalue weighted by Gasteiger charge is -2.21. The van der Waals surface area contributed by atoms with Crippen LogP contribution in [0.5, 0.6) is 5.88 Å². The highest BCUT2D eigenvalue weighted by molar-refractivity contribution is 6.01. The Hall–Kier alpha value is -2.88. The van der Waals surface area contributed by atoms with Gasteiger partial charge in [0.2, 0.25) is 11.8 Å². The van der Waals surface area contributed by atoms with Crippen molar-refractivity contribution in [2.24, 2.45) is 0 Å². The molecule has 1 aromatic carbocycles. The largest absolute Gasteiger partial charge is 0.474 e. The Labute approximate surface area is 152 Å². The van der Waals surface area contributed by atoms with Crippen molar-refractivity contribution in [1.82, 2.24) is 9.97 Å². The number of hydrogen-bond acceptors (Lipinski definition) is 6. The van der Waals surface area contributed by atoms with E-state index in [0.29, 0.717) is 6.42 Å². The number of anilines is 2. The SMILES string of the molecule is O=C1C(Nc2cncc(OCCO)n2)CCN1c1ccccc1C(F)(F)F. The molecule has 0 radical (unpaired) electrons. The standard InChI is InChI=1S/C17H17F3N4O3/c18-17(19,20)11-3-1-2-4-13(11)24-6-5-12(16(24)26)22-14-9-21-10-15(23-14)27-8-7-25/h1-4,9-10,12,25H,5-8H2,(H,22,23). The highest BCUT2D eigenvalue weighted by atomic mass is 19.4. The molecule has 1 atom stereocenters. The lowest BCUT2D eigenvalue weighted by Crippen LogP contribution is -2.34. The van der Waals surface area contributed by atoms with Crippen LogP contribution in [-0.4, -0.2) is 46.8 Å². The average molecular weight is 382 g/mol. The molecular weight excluding hydrogens is 365 g/mol.